The van der Waals surface area contributed by atoms with Gasteiger partial charge in [-0.15, -0.1) is 0 Å². The van der Waals surface area contributed by atoms with E-state index in [1.807, 2.05) is 23.1 Å². The molecule has 3 nitrogen and oxygen atoms in total. The number of hydrogen-bond acceptors (Lipinski definition) is 1. The van der Waals surface area contributed by atoms with Crippen LogP contribution in [0.2, 0.25) is 0 Å². The Hall–Kier alpha value is -2.29. The number of carbonyl (C=O) groups excluding carboxylic acids is 1. The number of amides is 2. The lowest BCUT2D eigenvalue weighted by Gasteiger charge is -2.23. The lowest BCUT2D eigenvalue weighted by atomic mass is 10.0. The standard InChI is InChI=1S/C19H22N2O/c1-14-8-9-17(10-15(14)2)11-18-12-20-19(22)21(18)13-16-6-4-3-5-7-16/h3-10,18H,11-13H2,1-2H3,(H,20,22). The van der Waals surface area contributed by atoms with E-state index in [1.165, 1.54) is 22.3 Å². The van der Waals surface area contributed by atoms with Crippen LogP contribution in [0.15, 0.2) is 48.5 Å². The fourth-order valence-electron chi connectivity index (χ4n) is 2.95. The molecule has 0 bridgehead atoms. The zero-order chi connectivity index (χ0) is 15.5. The largest absolute Gasteiger partial charge is 0.336 e. The van der Waals surface area contributed by atoms with Gasteiger partial charge in [-0.1, -0.05) is 48.5 Å². The highest BCUT2D eigenvalue weighted by molar-refractivity contribution is 5.77. The Bertz CT molecular complexity index is 666. The predicted octanol–water partition coefficient (Wildman–Crippen LogP) is 3.44. The number of nitrogens with one attached hydrogen (secondary N) is 1. The van der Waals surface area contributed by atoms with Gasteiger partial charge in [0.05, 0.1) is 6.04 Å². The predicted molar refractivity (Wildman–Crippen MR) is 88.8 cm³/mol. The molecule has 1 aliphatic rings. The number of nitrogens with zero attached hydrogens (tertiary/aromatic N) is 1. The molecule has 1 N–H and O–H groups in total. The number of rotatable bonds is 4. The number of aryl methyl sites for hydroxylation is 2. The van der Waals surface area contributed by atoms with E-state index in [4.69, 9.17) is 0 Å². The van der Waals surface area contributed by atoms with Crippen molar-refractivity contribution in [3.8, 4) is 0 Å². The van der Waals surface area contributed by atoms with Gasteiger partial charge in [-0.25, -0.2) is 4.79 Å². The first-order valence-corrected chi connectivity index (χ1v) is 7.78. The fourth-order valence-corrected chi connectivity index (χ4v) is 2.95. The second-order valence-electron chi connectivity index (χ2n) is 6.08. The molecule has 0 spiro atoms. The van der Waals surface area contributed by atoms with Crippen molar-refractivity contribution in [2.24, 2.45) is 0 Å². The van der Waals surface area contributed by atoms with E-state index in [0.717, 1.165) is 13.0 Å². The van der Waals surface area contributed by atoms with E-state index in [0.29, 0.717) is 6.54 Å². The SMILES string of the molecule is Cc1ccc(CC2CNC(=O)N2Cc2ccccc2)cc1C. The number of carbonyl (C=O) groups is 1. The molecule has 1 atom stereocenters. The summed E-state index contributed by atoms with van der Waals surface area (Å²) in [5.41, 5.74) is 5.09. The molecule has 1 saturated heterocycles. The first-order chi connectivity index (χ1) is 10.6. The van der Waals surface area contributed by atoms with Gasteiger partial charge in [0, 0.05) is 13.1 Å². The van der Waals surface area contributed by atoms with Crippen LogP contribution in [0.4, 0.5) is 4.79 Å². The van der Waals surface area contributed by atoms with Crippen molar-refractivity contribution in [1.29, 1.82) is 0 Å². The molecule has 0 saturated carbocycles. The minimum atomic E-state index is 0.0395. The molecule has 0 aliphatic carbocycles. The van der Waals surface area contributed by atoms with Crippen LogP contribution in [0, 0.1) is 13.8 Å². The molecule has 2 aromatic carbocycles. The Labute approximate surface area is 132 Å². The Morgan fingerprint density at radius 2 is 1.82 bits per heavy atom. The van der Waals surface area contributed by atoms with E-state index >= 15 is 0 Å². The van der Waals surface area contributed by atoms with Crippen molar-refractivity contribution in [1.82, 2.24) is 10.2 Å². The van der Waals surface area contributed by atoms with Crippen LogP contribution in [0.25, 0.3) is 0 Å². The van der Waals surface area contributed by atoms with E-state index in [-0.39, 0.29) is 12.1 Å². The fraction of sp³-hybridized carbons (Fsp3) is 0.316. The van der Waals surface area contributed by atoms with Crippen molar-refractivity contribution >= 4 is 6.03 Å². The van der Waals surface area contributed by atoms with Crippen LogP contribution in [0.3, 0.4) is 0 Å². The van der Waals surface area contributed by atoms with Gasteiger partial charge in [0.2, 0.25) is 0 Å². The summed E-state index contributed by atoms with van der Waals surface area (Å²) in [5, 5.41) is 2.97. The third kappa shape index (κ3) is 3.14. The van der Waals surface area contributed by atoms with Crippen LogP contribution in [-0.2, 0) is 13.0 Å². The Balaban J connectivity index is 1.74. The normalized spacial score (nSPS) is 17.6. The average molecular weight is 294 g/mol. The van der Waals surface area contributed by atoms with Crippen molar-refractivity contribution in [2.45, 2.75) is 32.9 Å². The third-order valence-corrected chi connectivity index (χ3v) is 4.43. The van der Waals surface area contributed by atoms with E-state index in [1.54, 1.807) is 0 Å². The van der Waals surface area contributed by atoms with Gasteiger partial charge in [-0.3, -0.25) is 0 Å². The molecule has 0 radical (unpaired) electrons. The van der Waals surface area contributed by atoms with E-state index < -0.39 is 0 Å². The number of urea groups is 1. The highest BCUT2D eigenvalue weighted by Gasteiger charge is 2.30. The van der Waals surface area contributed by atoms with E-state index in [2.05, 4.69) is 49.5 Å². The summed E-state index contributed by atoms with van der Waals surface area (Å²) in [6.07, 6.45) is 0.896. The van der Waals surface area contributed by atoms with Gasteiger partial charge in [0.15, 0.2) is 0 Å². The monoisotopic (exact) mass is 294 g/mol. The highest BCUT2D eigenvalue weighted by Crippen LogP contribution is 2.18. The minimum Gasteiger partial charge on any atom is -0.336 e. The maximum atomic E-state index is 12.1. The molecule has 0 aromatic heterocycles. The molecular weight excluding hydrogens is 272 g/mol. The summed E-state index contributed by atoms with van der Waals surface area (Å²) >= 11 is 0. The van der Waals surface area contributed by atoms with Crippen LogP contribution in [0.1, 0.15) is 22.3 Å². The molecule has 1 aliphatic heterocycles. The Morgan fingerprint density at radius 1 is 1.05 bits per heavy atom. The molecule has 1 unspecified atom stereocenters. The van der Waals surface area contributed by atoms with E-state index in [9.17, 15) is 4.79 Å². The lowest BCUT2D eigenvalue weighted by Crippen LogP contribution is -2.35. The molecule has 22 heavy (non-hydrogen) atoms. The van der Waals surface area contributed by atoms with Crippen LogP contribution in [0.5, 0.6) is 0 Å². The molecule has 1 fully saturated rings. The molecule has 2 amide bonds. The quantitative estimate of drug-likeness (QED) is 0.920. The Kier molecular flexibility index (Phi) is 4.14. The smallest absolute Gasteiger partial charge is 0.318 e. The topological polar surface area (TPSA) is 32.3 Å². The molecule has 1 heterocycles. The molecule has 3 rings (SSSR count). The lowest BCUT2D eigenvalue weighted by molar-refractivity contribution is 0.200. The minimum absolute atomic E-state index is 0.0395. The third-order valence-electron chi connectivity index (χ3n) is 4.43. The average Bonchev–Trinajstić information content (AvgIpc) is 2.85. The van der Waals surface area contributed by atoms with Crippen LogP contribution < -0.4 is 5.32 Å². The molecule has 2 aromatic rings. The zero-order valence-corrected chi connectivity index (χ0v) is 13.2. The van der Waals surface area contributed by atoms with Gasteiger partial charge >= 0.3 is 6.03 Å². The summed E-state index contributed by atoms with van der Waals surface area (Å²) in [7, 11) is 0. The summed E-state index contributed by atoms with van der Waals surface area (Å²) in [6, 6.07) is 17.0. The van der Waals surface area contributed by atoms with Crippen molar-refractivity contribution < 1.29 is 4.79 Å². The second-order valence-corrected chi connectivity index (χ2v) is 6.08. The van der Waals surface area contributed by atoms with Gasteiger partial charge < -0.3 is 10.2 Å². The molecule has 114 valence electrons. The van der Waals surface area contributed by atoms with Crippen molar-refractivity contribution in [2.75, 3.05) is 6.54 Å². The number of benzene rings is 2. The van der Waals surface area contributed by atoms with Crippen molar-refractivity contribution in [3.63, 3.8) is 0 Å². The van der Waals surface area contributed by atoms with Gasteiger partial charge in [0.25, 0.3) is 0 Å². The Morgan fingerprint density at radius 3 is 2.55 bits per heavy atom. The molecular formula is C19H22N2O. The maximum absolute atomic E-state index is 12.1. The van der Waals surface area contributed by atoms with Gasteiger partial charge in [-0.05, 0) is 42.5 Å². The molecule has 3 heteroatoms. The van der Waals surface area contributed by atoms with Crippen molar-refractivity contribution in [3.05, 3.63) is 70.8 Å². The summed E-state index contributed by atoms with van der Waals surface area (Å²) in [5.74, 6) is 0. The number of hydrogen-bond donors (Lipinski definition) is 1. The van der Waals surface area contributed by atoms with Gasteiger partial charge in [0.1, 0.15) is 0 Å². The summed E-state index contributed by atoms with van der Waals surface area (Å²) in [6.45, 7) is 5.65. The summed E-state index contributed by atoms with van der Waals surface area (Å²) in [4.78, 5) is 14.1. The second kappa shape index (κ2) is 6.22. The summed E-state index contributed by atoms with van der Waals surface area (Å²) < 4.78 is 0. The van der Waals surface area contributed by atoms with Crippen LogP contribution >= 0.6 is 0 Å². The zero-order valence-electron chi connectivity index (χ0n) is 13.2. The van der Waals surface area contributed by atoms with Gasteiger partial charge in [-0.2, -0.15) is 0 Å². The van der Waals surface area contributed by atoms with Crippen LogP contribution in [-0.4, -0.2) is 23.5 Å². The maximum Gasteiger partial charge on any atom is 0.318 e. The highest BCUT2D eigenvalue weighted by atomic mass is 16.2. The first kappa shape index (κ1) is 14.6. The first-order valence-electron chi connectivity index (χ1n) is 7.78.